The average molecular weight is 465 g/mol. The fraction of sp³-hybridized carbons (Fsp3) is 0.538. The first kappa shape index (κ1) is 24.1. The zero-order chi connectivity index (χ0) is 24.5. The Bertz CT molecular complexity index is 1210. The van der Waals surface area contributed by atoms with Gasteiger partial charge in [-0.15, -0.1) is 0 Å². The normalized spacial score (nSPS) is 15.6. The molecule has 3 aromatic rings. The van der Waals surface area contributed by atoms with Crippen molar-refractivity contribution in [3.63, 3.8) is 0 Å². The zero-order valence-corrected chi connectivity index (χ0v) is 21.0. The lowest BCUT2D eigenvalue weighted by atomic mass is 10.1. The molecule has 1 aliphatic heterocycles. The minimum absolute atomic E-state index is 0.0346. The van der Waals surface area contributed by atoms with Crippen LogP contribution < -0.4 is 5.32 Å². The van der Waals surface area contributed by atoms with Crippen LogP contribution in [-0.4, -0.2) is 74.5 Å². The molecule has 2 amide bonds. The van der Waals surface area contributed by atoms with E-state index >= 15 is 0 Å². The first-order valence-electron chi connectivity index (χ1n) is 12.2. The van der Waals surface area contributed by atoms with Crippen molar-refractivity contribution in [2.75, 3.05) is 32.7 Å². The van der Waals surface area contributed by atoms with Crippen LogP contribution >= 0.6 is 0 Å². The second kappa shape index (κ2) is 9.70. The number of carbonyl (C=O) groups excluding carboxylic acids is 2. The molecule has 0 spiro atoms. The van der Waals surface area contributed by atoms with E-state index in [1.54, 1.807) is 0 Å². The van der Waals surface area contributed by atoms with Crippen LogP contribution in [0, 0.1) is 13.8 Å². The predicted octanol–water partition coefficient (Wildman–Crippen LogP) is 2.88. The fourth-order valence-electron chi connectivity index (χ4n) is 4.77. The van der Waals surface area contributed by atoms with Crippen LogP contribution in [0.5, 0.6) is 0 Å². The summed E-state index contributed by atoms with van der Waals surface area (Å²) < 4.78 is 1.91. The highest BCUT2D eigenvalue weighted by Crippen LogP contribution is 2.23. The number of aryl methyl sites for hydroxylation is 2. The first-order chi connectivity index (χ1) is 16.1. The van der Waals surface area contributed by atoms with Gasteiger partial charge in [0.2, 0.25) is 11.8 Å². The lowest BCUT2D eigenvalue weighted by molar-refractivity contribution is -0.131. The summed E-state index contributed by atoms with van der Waals surface area (Å²) in [4.78, 5) is 34.2. The van der Waals surface area contributed by atoms with E-state index in [-0.39, 0.29) is 17.4 Å². The average Bonchev–Trinajstić information content (AvgIpc) is 2.96. The number of amides is 2. The number of hydrogen-bond donors (Lipinski definition) is 1. The summed E-state index contributed by atoms with van der Waals surface area (Å²) in [5, 5.41) is 8.78. The highest BCUT2D eigenvalue weighted by molar-refractivity contribution is 5.92. The third-order valence-corrected chi connectivity index (χ3v) is 6.43. The van der Waals surface area contributed by atoms with Crippen LogP contribution in [0.3, 0.4) is 0 Å². The lowest BCUT2D eigenvalue weighted by Gasteiger charge is -2.25. The number of nitrogens with zero attached hydrogens (tertiary/aromatic N) is 5. The minimum Gasteiger partial charge on any atom is -0.350 e. The van der Waals surface area contributed by atoms with Crippen molar-refractivity contribution in [1.82, 2.24) is 29.7 Å². The quantitative estimate of drug-likeness (QED) is 0.628. The molecule has 8 nitrogen and oxygen atoms in total. The maximum atomic E-state index is 13.1. The van der Waals surface area contributed by atoms with Crippen LogP contribution in [0.25, 0.3) is 16.6 Å². The highest BCUT2D eigenvalue weighted by Gasteiger charge is 2.23. The third-order valence-electron chi connectivity index (χ3n) is 6.43. The van der Waals surface area contributed by atoms with Gasteiger partial charge in [-0.1, -0.05) is 12.1 Å². The van der Waals surface area contributed by atoms with Gasteiger partial charge in [0.1, 0.15) is 0 Å². The van der Waals surface area contributed by atoms with Gasteiger partial charge in [-0.3, -0.25) is 14.5 Å². The van der Waals surface area contributed by atoms with Crippen LogP contribution in [0.2, 0.25) is 0 Å². The monoisotopic (exact) mass is 464 g/mol. The van der Waals surface area contributed by atoms with Crippen molar-refractivity contribution in [2.24, 2.45) is 0 Å². The fourth-order valence-corrected chi connectivity index (χ4v) is 4.77. The summed E-state index contributed by atoms with van der Waals surface area (Å²) in [6.45, 7) is 13.3. The van der Waals surface area contributed by atoms with Crippen molar-refractivity contribution < 1.29 is 9.59 Å². The van der Waals surface area contributed by atoms with Gasteiger partial charge in [0, 0.05) is 54.9 Å². The molecular weight excluding hydrogens is 428 g/mol. The molecule has 3 heterocycles. The summed E-state index contributed by atoms with van der Waals surface area (Å²) >= 11 is 0. The van der Waals surface area contributed by atoms with Gasteiger partial charge >= 0.3 is 0 Å². The molecule has 1 aliphatic rings. The molecule has 1 fully saturated rings. The van der Waals surface area contributed by atoms with E-state index in [9.17, 15) is 9.59 Å². The second-order valence-corrected chi connectivity index (χ2v) is 10.3. The van der Waals surface area contributed by atoms with E-state index in [0.29, 0.717) is 25.9 Å². The molecule has 0 unspecified atom stereocenters. The Balaban J connectivity index is 1.38. The number of rotatable bonds is 5. The van der Waals surface area contributed by atoms with Crippen LogP contribution in [0.1, 0.15) is 50.6 Å². The molecule has 0 bridgehead atoms. The van der Waals surface area contributed by atoms with Gasteiger partial charge in [0.05, 0.1) is 12.1 Å². The molecule has 0 aliphatic carbocycles. The van der Waals surface area contributed by atoms with Crippen molar-refractivity contribution in [3.8, 4) is 0 Å². The summed E-state index contributed by atoms with van der Waals surface area (Å²) in [7, 11) is 0. The molecule has 0 atom stereocenters. The van der Waals surface area contributed by atoms with Gasteiger partial charge in [0.25, 0.3) is 0 Å². The van der Waals surface area contributed by atoms with Gasteiger partial charge in [0.15, 0.2) is 5.65 Å². The molecule has 1 N–H and O–H groups in total. The van der Waals surface area contributed by atoms with E-state index < -0.39 is 0 Å². The van der Waals surface area contributed by atoms with Gasteiger partial charge in [-0.25, -0.2) is 9.50 Å². The molecule has 0 radical (unpaired) electrons. The number of hydrogen-bond acceptors (Lipinski definition) is 5. The van der Waals surface area contributed by atoms with Crippen molar-refractivity contribution in [2.45, 2.75) is 59.4 Å². The van der Waals surface area contributed by atoms with Crippen molar-refractivity contribution in [3.05, 3.63) is 41.2 Å². The van der Waals surface area contributed by atoms with E-state index in [2.05, 4.69) is 17.1 Å². The van der Waals surface area contributed by atoms with Crippen molar-refractivity contribution >= 4 is 28.4 Å². The predicted molar refractivity (Wildman–Crippen MR) is 134 cm³/mol. The molecule has 8 heteroatoms. The Hall–Kier alpha value is -3.00. The van der Waals surface area contributed by atoms with Crippen molar-refractivity contribution in [1.29, 1.82) is 0 Å². The van der Waals surface area contributed by atoms with E-state index in [0.717, 1.165) is 59.6 Å². The van der Waals surface area contributed by atoms with Gasteiger partial charge in [-0.2, -0.15) is 5.10 Å². The smallest absolute Gasteiger partial charge is 0.234 e. The molecule has 34 heavy (non-hydrogen) atoms. The maximum absolute atomic E-state index is 13.1. The Labute approximate surface area is 201 Å². The standard InChI is InChI=1S/C26H36N6O2/c1-18-20(19(2)32-25(27-18)21-9-6-7-10-22(21)29-32)11-12-24(34)31-14-8-13-30(15-16-31)17-23(33)28-26(3,4)5/h6-7,9-10H,8,11-17H2,1-5H3,(H,28,33). The van der Waals surface area contributed by atoms with Gasteiger partial charge < -0.3 is 10.2 Å². The molecule has 0 saturated carbocycles. The Morgan fingerprint density at radius 1 is 1.06 bits per heavy atom. The van der Waals surface area contributed by atoms with E-state index in [4.69, 9.17) is 10.1 Å². The number of carbonyl (C=O) groups is 2. The number of benzene rings is 1. The lowest BCUT2D eigenvalue weighted by Crippen LogP contribution is -2.46. The summed E-state index contributed by atoms with van der Waals surface area (Å²) in [6.07, 6.45) is 1.96. The number of nitrogens with one attached hydrogen (secondary N) is 1. The Morgan fingerprint density at radius 3 is 2.59 bits per heavy atom. The molecule has 4 rings (SSSR count). The van der Waals surface area contributed by atoms with E-state index in [1.165, 1.54) is 0 Å². The minimum atomic E-state index is -0.234. The van der Waals surface area contributed by atoms with Crippen LogP contribution in [-0.2, 0) is 16.0 Å². The topological polar surface area (TPSA) is 82.8 Å². The molecule has 2 aromatic heterocycles. The SMILES string of the molecule is Cc1nc2c3ccccc3nn2c(C)c1CCC(=O)N1CCCN(CC(=O)NC(C)(C)C)CC1. The van der Waals surface area contributed by atoms with E-state index in [1.807, 2.05) is 61.4 Å². The van der Waals surface area contributed by atoms with Crippen LogP contribution in [0.4, 0.5) is 0 Å². The third kappa shape index (κ3) is 5.38. The molecular formula is C26H36N6O2. The summed E-state index contributed by atoms with van der Waals surface area (Å²) in [6, 6.07) is 8.03. The molecule has 1 saturated heterocycles. The Kier molecular flexibility index (Phi) is 6.89. The first-order valence-corrected chi connectivity index (χ1v) is 12.2. The molecule has 182 valence electrons. The summed E-state index contributed by atoms with van der Waals surface area (Å²) in [5.41, 5.74) is 4.64. The number of aromatic nitrogens is 3. The zero-order valence-electron chi connectivity index (χ0n) is 21.0. The summed E-state index contributed by atoms with van der Waals surface area (Å²) in [5.74, 6) is 0.193. The maximum Gasteiger partial charge on any atom is 0.234 e. The number of fused-ring (bicyclic) bond motifs is 3. The Morgan fingerprint density at radius 2 is 1.82 bits per heavy atom. The van der Waals surface area contributed by atoms with Crippen LogP contribution in [0.15, 0.2) is 24.3 Å². The highest BCUT2D eigenvalue weighted by atomic mass is 16.2. The van der Waals surface area contributed by atoms with Gasteiger partial charge in [-0.05, 0) is 65.2 Å². The molecule has 1 aromatic carbocycles. The second-order valence-electron chi connectivity index (χ2n) is 10.3. The largest absolute Gasteiger partial charge is 0.350 e.